The number of benzene rings is 1. The van der Waals surface area contributed by atoms with E-state index >= 15 is 0 Å². The molecule has 3 unspecified atom stereocenters. The Kier molecular flexibility index (Phi) is 6.58. The smallest absolute Gasteiger partial charge is 0.341 e. The second-order valence-corrected chi connectivity index (χ2v) is 10.3. The highest BCUT2D eigenvalue weighted by Gasteiger charge is 2.44. The van der Waals surface area contributed by atoms with Gasteiger partial charge in [0.05, 0.1) is 22.9 Å². The van der Waals surface area contributed by atoms with Gasteiger partial charge < -0.3 is 23.7 Å². The molecule has 1 aliphatic heterocycles. The van der Waals surface area contributed by atoms with Gasteiger partial charge in [0.1, 0.15) is 16.6 Å². The summed E-state index contributed by atoms with van der Waals surface area (Å²) in [5.41, 5.74) is 1.04. The number of methoxy groups -OCH3 is 1. The van der Waals surface area contributed by atoms with E-state index in [2.05, 4.69) is 0 Å². The molecule has 1 saturated carbocycles. The number of hydrogen-bond donors (Lipinski definition) is 1. The zero-order valence-electron chi connectivity index (χ0n) is 18.2. The van der Waals surface area contributed by atoms with E-state index in [1.807, 2.05) is 13.8 Å². The Hall–Kier alpha value is -2.00. The number of carboxylic acids is 1. The SMILES string of the molecule is CCC1c2cc(C(=O)O)c(=O)n(C3C[C@@H]3C)c2-c2cc(Cl)c(OCCCOC)cc2[S+]1[O-]. The van der Waals surface area contributed by atoms with Gasteiger partial charge in [-0.2, -0.15) is 0 Å². The number of aromatic carboxylic acids is 1. The van der Waals surface area contributed by atoms with E-state index in [-0.39, 0.29) is 17.5 Å². The maximum Gasteiger partial charge on any atom is 0.341 e. The van der Waals surface area contributed by atoms with Crippen LogP contribution in [0.15, 0.2) is 27.9 Å². The first-order chi connectivity index (χ1) is 15.3. The van der Waals surface area contributed by atoms with E-state index in [0.29, 0.717) is 58.5 Å². The molecule has 1 N–H and O–H groups in total. The lowest BCUT2D eigenvalue weighted by Gasteiger charge is -2.32. The maximum atomic E-state index is 13.5. The van der Waals surface area contributed by atoms with Gasteiger partial charge in [0.15, 0.2) is 4.90 Å². The molecule has 7 nitrogen and oxygen atoms in total. The molecule has 172 valence electrons. The lowest BCUT2D eigenvalue weighted by molar-refractivity contribution is 0.0694. The van der Waals surface area contributed by atoms with Crippen molar-refractivity contribution in [3.8, 4) is 17.0 Å². The van der Waals surface area contributed by atoms with Gasteiger partial charge in [0.25, 0.3) is 5.56 Å². The minimum absolute atomic E-state index is 0.0869. The molecule has 0 radical (unpaired) electrons. The van der Waals surface area contributed by atoms with Gasteiger partial charge in [-0.15, -0.1) is 0 Å². The summed E-state index contributed by atoms with van der Waals surface area (Å²) in [7, 11) is 1.62. The third kappa shape index (κ3) is 3.94. The Bertz CT molecular complexity index is 1120. The molecule has 9 heteroatoms. The van der Waals surface area contributed by atoms with Crippen molar-refractivity contribution in [1.29, 1.82) is 0 Å². The van der Waals surface area contributed by atoms with E-state index in [9.17, 15) is 19.2 Å². The Morgan fingerprint density at radius 3 is 2.66 bits per heavy atom. The van der Waals surface area contributed by atoms with Gasteiger partial charge >= 0.3 is 5.97 Å². The molecule has 1 aromatic carbocycles. The van der Waals surface area contributed by atoms with Gasteiger partial charge in [-0.25, -0.2) is 4.79 Å². The first-order valence-corrected chi connectivity index (χ1v) is 12.3. The highest BCUT2D eigenvalue weighted by molar-refractivity contribution is 7.92. The second kappa shape index (κ2) is 9.09. The van der Waals surface area contributed by atoms with Crippen LogP contribution in [0.1, 0.15) is 60.3 Å². The van der Waals surface area contributed by atoms with Crippen LogP contribution < -0.4 is 10.3 Å². The third-order valence-corrected chi connectivity index (χ3v) is 8.30. The molecule has 2 heterocycles. The first-order valence-electron chi connectivity index (χ1n) is 10.7. The Labute approximate surface area is 194 Å². The van der Waals surface area contributed by atoms with E-state index in [4.69, 9.17) is 21.1 Å². The molecule has 4 atom stereocenters. The number of ether oxygens (including phenoxy) is 2. The lowest BCUT2D eigenvalue weighted by Crippen LogP contribution is -2.32. The van der Waals surface area contributed by atoms with Crippen LogP contribution in [0.5, 0.6) is 5.75 Å². The maximum absolute atomic E-state index is 13.5. The molecule has 0 bridgehead atoms. The summed E-state index contributed by atoms with van der Waals surface area (Å²) in [4.78, 5) is 25.6. The van der Waals surface area contributed by atoms with Crippen LogP contribution in [0, 0.1) is 5.92 Å². The Balaban J connectivity index is 1.92. The summed E-state index contributed by atoms with van der Waals surface area (Å²) in [5.74, 6) is -0.580. The molecule has 1 aliphatic carbocycles. The van der Waals surface area contributed by atoms with Crippen LogP contribution in [0.3, 0.4) is 0 Å². The molecule has 4 rings (SSSR count). The standard InChI is InChI=1S/C23H26ClNO6S/c1-4-19-13-9-15(23(27)28)22(26)25(17-8-12(17)2)21(13)14-10-16(24)18(11-20(14)32(19)29)31-7-5-6-30-3/h9-12,17,19H,4-8H2,1-3H3,(H,27,28)/t12-,17?,19?,32?/m0/s1. The van der Waals surface area contributed by atoms with Crippen LogP contribution in [0.4, 0.5) is 0 Å². The number of pyridine rings is 1. The van der Waals surface area contributed by atoms with Crippen molar-refractivity contribution in [2.45, 2.75) is 49.3 Å². The van der Waals surface area contributed by atoms with Gasteiger partial charge in [0.2, 0.25) is 0 Å². The molecule has 2 aromatic rings. The minimum Gasteiger partial charge on any atom is -0.611 e. The van der Waals surface area contributed by atoms with Crippen LogP contribution >= 0.6 is 11.6 Å². The molecule has 1 fully saturated rings. The normalized spacial score (nSPS) is 23.4. The van der Waals surface area contributed by atoms with Crippen molar-refractivity contribution >= 4 is 28.7 Å². The van der Waals surface area contributed by atoms with Crippen molar-refractivity contribution in [2.75, 3.05) is 20.3 Å². The highest BCUT2D eigenvalue weighted by atomic mass is 35.5. The lowest BCUT2D eigenvalue weighted by atomic mass is 9.98. The van der Waals surface area contributed by atoms with Crippen molar-refractivity contribution in [1.82, 2.24) is 4.57 Å². The van der Waals surface area contributed by atoms with Crippen LogP contribution in [0.25, 0.3) is 11.3 Å². The Morgan fingerprint density at radius 1 is 1.34 bits per heavy atom. The molecule has 0 spiro atoms. The second-order valence-electron chi connectivity index (χ2n) is 8.29. The summed E-state index contributed by atoms with van der Waals surface area (Å²) in [6.07, 6.45) is 2.01. The summed E-state index contributed by atoms with van der Waals surface area (Å²) in [6.45, 7) is 4.89. The predicted octanol–water partition coefficient (Wildman–Crippen LogP) is 4.44. The van der Waals surface area contributed by atoms with Gasteiger partial charge in [0, 0.05) is 37.8 Å². The average molecular weight is 480 g/mol. The number of carboxylic acid groups (broad SMARTS) is 1. The molecule has 2 aliphatic rings. The fourth-order valence-electron chi connectivity index (χ4n) is 4.34. The first kappa shape index (κ1) is 23.2. The number of fused-ring (bicyclic) bond motifs is 3. The number of aromatic nitrogens is 1. The third-order valence-electron chi connectivity index (χ3n) is 6.12. The van der Waals surface area contributed by atoms with Gasteiger partial charge in [-0.3, -0.25) is 4.79 Å². The van der Waals surface area contributed by atoms with Crippen molar-refractivity contribution in [3.63, 3.8) is 0 Å². The number of nitrogens with zero attached hydrogens (tertiary/aromatic N) is 1. The fourth-order valence-corrected chi connectivity index (χ4v) is 6.17. The monoisotopic (exact) mass is 479 g/mol. The van der Waals surface area contributed by atoms with Crippen LogP contribution in [-0.4, -0.2) is 40.5 Å². The summed E-state index contributed by atoms with van der Waals surface area (Å²) >= 11 is 5.07. The topological polar surface area (TPSA) is 101 Å². The minimum atomic E-state index is -1.45. The highest BCUT2D eigenvalue weighted by Crippen LogP contribution is 2.52. The molecular weight excluding hydrogens is 454 g/mol. The molecular formula is C23H26ClNO6S. The molecule has 0 saturated heterocycles. The van der Waals surface area contributed by atoms with Crippen LogP contribution in [0.2, 0.25) is 5.02 Å². The summed E-state index contributed by atoms with van der Waals surface area (Å²) in [5, 5.41) is 9.56. The van der Waals surface area contributed by atoms with Crippen molar-refractivity contribution in [3.05, 3.63) is 44.7 Å². The van der Waals surface area contributed by atoms with E-state index in [1.54, 1.807) is 23.8 Å². The fraction of sp³-hybridized carbons (Fsp3) is 0.478. The van der Waals surface area contributed by atoms with Gasteiger partial charge in [-0.1, -0.05) is 25.4 Å². The Morgan fingerprint density at radius 2 is 2.06 bits per heavy atom. The summed E-state index contributed by atoms with van der Waals surface area (Å²) in [6, 6.07) is 4.70. The largest absolute Gasteiger partial charge is 0.611 e. The predicted molar refractivity (Wildman–Crippen MR) is 122 cm³/mol. The molecule has 1 aromatic heterocycles. The molecule has 32 heavy (non-hydrogen) atoms. The zero-order chi connectivity index (χ0) is 23.2. The molecule has 0 amide bonds. The van der Waals surface area contributed by atoms with E-state index in [1.165, 1.54) is 6.07 Å². The van der Waals surface area contributed by atoms with Gasteiger partial charge in [-0.05, 0) is 42.1 Å². The summed E-state index contributed by atoms with van der Waals surface area (Å²) < 4.78 is 26.0. The van der Waals surface area contributed by atoms with Crippen LogP contribution in [-0.2, 0) is 15.9 Å². The van der Waals surface area contributed by atoms with Crippen molar-refractivity contribution < 1.29 is 23.9 Å². The average Bonchev–Trinajstić information content (AvgIpc) is 3.47. The van der Waals surface area contributed by atoms with Crippen molar-refractivity contribution in [2.24, 2.45) is 5.92 Å². The number of rotatable bonds is 8. The quantitative estimate of drug-likeness (QED) is 0.444. The number of carbonyl (C=O) groups is 1. The number of halogens is 1. The number of hydrogen-bond acceptors (Lipinski definition) is 5. The van der Waals surface area contributed by atoms with E-state index < -0.39 is 28.0 Å². The van der Waals surface area contributed by atoms with E-state index in [0.717, 1.165) is 6.42 Å². The zero-order valence-corrected chi connectivity index (χ0v) is 19.8.